The first kappa shape index (κ1) is 21.1. The van der Waals surface area contributed by atoms with Crippen LogP contribution in [-0.4, -0.2) is 34.2 Å². The maximum atomic E-state index is 12.7. The van der Waals surface area contributed by atoms with Crippen molar-refractivity contribution in [2.45, 2.75) is 71.0 Å². The first-order valence-corrected chi connectivity index (χ1v) is 14.0. The maximum absolute atomic E-state index is 12.7. The number of benzene rings is 1. The Hall–Kier alpha value is -1.62. The van der Waals surface area contributed by atoms with Crippen LogP contribution < -0.4 is 5.19 Å². The summed E-state index contributed by atoms with van der Waals surface area (Å²) in [6.45, 7) is 7.09. The average Bonchev–Trinajstić information content (AvgIpc) is 3.07. The summed E-state index contributed by atoms with van der Waals surface area (Å²) in [4.78, 5) is 25.3. The van der Waals surface area contributed by atoms with Gasteiger partial charge >= 0.3 is 11.9 Å². The van der Waals surface area contributed by atoms with Gasteiger partial charge in [-0.2, -0.15) is 0 Å². The average molecular weight is 403 g/mol. The number of ether oxygens (including phenoxy) is 2. The van der Waals surface area contributed by atoms with E-state index in [1.807, 2.05) is 0 Å². The highest BCUT2D eigenvalue weighted by Gasteiger charge is 2.53. The van der Waals surface area contributed by atoms with Crippen LogP contribution in [0.3, 0.4) is 0 Å². The van der Waals surface area contributed by atoms with Crippen molar-refractivity contribution < 1.29 is 19.1 Å². The fourth-order valence-electron chi connectivity index (χ4n) is 5.37. The molecule has 5 heteroatoms. The molecule has 1 saturated carbocycles. The van der Waals surface area contributed by atoms with Gasteiger partial charge in [0, 0.05) is 0 Å². The minimum absolute atomic E-state index is 0.378. The third-order valence-corrected chi connectivity index (χ3v) is 8.73. The molecular weight excluding hydrogens is 368 g/mol. The molecule has 0 radical (unpaired) electrons. The highest BCUT2D eigenvalue weighted by molar-refractivity contribution is 6.89. The summed E-state index contributed by atoms with van der Waals surface area (Å²) >= 11 is 0. The molecule has 3 rings (SSSR count). The summed E-state index contributed by atoms with van der Waals surface area (Å²) in [7, 11) is 1.03. The number of methoxy groups -OCH3 is 2. The second kappa shape index (κ2) is 8.01. The Bertz CT molecular complexity index is 741. The smallest absolute Gasteiger partial charge is 0.323 e. The number of hydrogen-bond acceptors (Lipinski definition) is 4. The highest BCUT2D eigenvalue weighted by atomic mass is 28.3. The third kappa shape index (κ3) is 3.78. The highest BCUT2D eigenvalue weighted by Crippen LogP contribution is 2.40. The van der Waals surface area contributed by atoms with Crippen LogP contribution in [-0.2, 0) is 38.3 Å². The Morgan fingerprint density at radius 1 is 1.00 bits per heavy atom. The van der Waals surface area contributed by atoms with Crippen LogP contribution in [0.15, 0.2) is 12.1 Å². The van der Waals surface area contributed by atoms with E-state index in [2.05, 4.69) is 31.8 Å². The van der Waals surface area contributed by atoms with E-state index < -0.39 is 25.4 Å². The van der Waals surface area contributed by atoms with E-state index in [9.17, 15) is 9.59 Å². The van der Waals surface area contributed by atoms with Crippen LogP contribution in [0.2, 0.25) is 19.6 Å². The molecule has 2 aliphatic carbocycles. The normalized spacial score (nSPS) is 19.2. The van der Waals surface area contributed by atoms with Gasteiger partial charge in [0.2, 0.25) is 0 Å². The number of hydrogen-bond donors (Lipinski definition) is 0. The van der Waals surface area contributed by atoms with Gasteiger partial charge in [-0.05, 0) is 41.9 Å². The fourth-order valence-corrected chi connectivity index (χ4v) is 7.67. The lowest BCUT2D eigenvalue weighted by molar-refractivity contribution is -0.168. The summed E-state index contributed by atoms with van der Waals surface area (Å²) in [5.74, 6) is -0.203. The molecule has 0 unspecified atom stereocenters. The summed E-state index contributed by atoms with van der Waals surface area (Å²) < 4.78 is 10.1. The third-order valence-electron chi connectivity index (χ3n) is 6.60. The molecule has 1 aromatic rings. The van der Waals surface area contributed by atoms with Gasteiger partial charge in [-0.3, -0.25) is 9.59 Å². The molecule has 4 nitrogen and oxygen atoms in total. The molecule has 28 heavy (non-hydrogen) atoms. The second-order valence-corrected chi connectivity index (χ2v) is 14.6. The topological polar surface area (TPSA) is 52.6 Å². The predicted molar refractivity (Wildman–Crippen MR) is 114 cm³/mol. The van der Waals surface area contributed by atoms with Crippen molar-refractivity contribution in [1.29, 1.82) is 0 Å². The monoisotopic (exact) mass is 402 g/mol. The Labute approximate surface area is 170 Å². The van der Waals surface area contributed by atoms with Crippen molar-refractivity contribution in [3.63, 3.8) is 0 Å². The van der Waals surface area contributed by atoms with E-state index in [-0.39, 0.29) is 0 Å². The molecule has 0 saturated heterocycles. The zero-order valence-electron chi connectivity index (χ0n) is 18.0. The van der Waals surface area contributed by atoms with Crippen LogP contribution in [0.5, 0.6) is 0 Å². The standard InChI is InChI=1S/C23H34O4Si/c1-26-21(24)23(22(25)27-2)14-18-12-11-17(13-16-9-7-6-8-10-16)20(19(18)15-23)28(3,4)5/h11-12,16H,6-10,13-15H2,1-5H3. The van der Waals surface area contributed by atoms with Gasteiger partial charge in [0.1, 0.15) is 0 Å². The molecule has 0 aliphatic heterocycles. The summed E-state index contributed by atoms with van der Waals surface area (Å²) in [6, 6.07) is 4.41. The zero-order valence-corrected chi connectivity index (χ0v) is 19.0. The zero-order chi connectivity index (χ0) is 20.5. The van der Waals surface area contributed by atoms with Gasteiger partial charge in [-0.25, -0.2) is 0 Å². The molecular formula is C23H34O4Si. The quantitative estimate of drug-likeness (QED) is 0.427. The Kier molecular flexibility index (Phi) is 6.04. The molecule has 1 aromatic carbocycles. The summed E-state index contributed by atoms with van der Waals surface area (Å²) in [5.41, 5.74) is 2.53. The summed E-state index contributed by atoms with van der Waals surface area (Å²) in [5, 5.41) is 1.45. The van der Waals surface area contributed by atoms with E-state index in [0.717, 1.165) is 17.9 Å². The molecule has 154 valence electrons. The van der Waals surface area contributed by atoms with Crippen molar-refractivity contribution in [2.75, 3.05) is 14.2 Å². The van der Waals surface area contributed by atoms with Crippen LogP contribution in [0.4, 0.5) is 0 Å². The molecule has 0 atom stereocenters. The minimum Gasteiger partial charge on any atom is -0.468 e. The van der Waals surface area contributed by atoms with Crippen LogP contribution in [0, 0.1) is 11.3 Å². The molecule has 0 N–H and O–H groups in total. The fraction of sp³-hybridized carbons (Fsp3) is 0.652. The van der Waals surface area contributed by atoms with Crippen molar-refractivity contribution in [3.8, 4) is 0 Å². The Morgan fingerprint density at radius 2 is 1.61 bits per heavy atom. The molecule has 2 aliphatic rings. The van der Waals surface area contributed by atoms with Crippen molar-refractivity contribution in [1.82, 2.24) is 0 Å². The predicted octanol–water partition coefficient (Wildman–Crippen LogP) is 3.79. The van der Waals surface area contributed by atoms with Crippen LogP contribution >= 0.6 is 0 Å². The summed E-state index contributed by atoms with van der Waals surface area (Å²) in [6.07, 6.45) is 8.58. The number of esters is 2. The Morgan fingerprint density at radius 3 is 2.14 bits per heavy atom. The van der Waals surface area contributed by atoms with Gasteiger partial charge < -0.3 is 9.47 Å². The molecule has 0 aromatic heterocycles. The largest absolute Gasteiger partial charge is 0.468 e. The first-order chi connectivity index (χ1) is 13.2. The number of carbonyl (C=O) groups is 2. The van der Waals surface area contributed by atoms with Gasteiger partial charge in [0.25, 0.3) is 0 Å². The van der Waals surface area contributed by atoms with E-state index in [1.54, 1.807) is 0 Å². The lowest BCUT2D eigenvalue weighted by Crippen LogP contribution is -2.45. The van der Waals surface area contributed by atoms with Gasteiger partial charge in [0.15, 0.2) is 5.41 Å². The SMILES string of the molecule is COC(=O)C1(C(=O)OC)Cc2ccc(CC3CCCCC3)c([Si](C)(C)C)c2C1. The first-order valence-electron chi connectivity index (χ1n) is 10.5. The second-order valence-electron chi connectivity index (χ2n) is 9.61. The molecule has 0 spiro atoms. The van der Waals surface area contributed by atoms with Gasteiger partial charge in [-0.15, -0.1) is 0 Å². The number of carbonyl (C=O) groups excluding carboxylic acids is 2. The van der Waals surface area contributed by atoms with E-state index >= 15 is 0 Å². The van der Waals surface area contributed by atoms with E-state index in [0.29, 0.717) is 12.8 Å². The van der Waals surface area contributed by atoms with Gasteiger partial charge in [-0.1, -0.05) is 69.1 Å². The number of fused-ring (bicyclic) bond motifs is 1. The van der Waals surface area contributed by atoms with E-state index in [1.165, 1.54) is 62.6 Å². The van der Waals surface area contributed by atoms with Crippen LogP contribution in [0.25, 0.3) is 0 Å². The molecule has 1 fully saturated rings. The lowest BCUT2D eigenvalue weighted by atomic mass is 9.84. The molecule has 0 heterocycles. The van der Waals surface area contributed by atoms with E-state index in [4.69, 9.17) is 9.47 Å². The van der Waals surface area contributed by atoms with Crippen molar-refractivity contribution in [3.05, 3.63) is 28.8 Å². The van der Waals surface area contributed by atoms with Crippen molar-refractivity contribution in [2.24, 2.45) is 11.3 Å². The molecule has 0 amide bonds. The molecule has 0 bridgehead atoms. The lowest BCUT2D eigenvalue weighted by Gasteiger charge is -2.29. The minimum atomic E-state index is -1.68. The Balaban J connectivity index is 2.04. The van der Waals surface area contributed by atoms with Crippen molar-refractivity contribution >= 4 is 25.2 Å². The maximum Gasteiger partial charge on any atom is 0.323 e. The van der Waals surface area contributed by atoms with Gasteiger partial charge in [0.05, 0.1) is 22.3 Å². The number of rotatable bonds is 5. The van der Waals surface area contributed by atoms with Crippen LogP contribution in [0.1, 0.15) is 48.8 Å².